The number of morpholine rings is 1. The SMILES string of the molecule is Cc1cc(CC(C)NC(=O)c2cccc(CC(C)OCCN3CCOCC3)c2)cc(N(C)C(=O)CC(C)C)n1. The molecule has 0 aliphatic carbocycles. The number of hydrogen-bond donors (Lipinski definition) is 1. The lowest BCUT2D eigenvalue weighted by Gasteiger charge is -2.27. The first-order valence-electron chi connectivity index (χ1n) is 14.2. The molecule has 214 valence electrons. The molecule has 8 nitrogen and oxygen atoms in total. The molecule has 1 aromatic heterocycles. The zero-order valence-electron chi connectivity index (χ0n) is 24.5. The highest BCUT2D eigenvalue weighted by Crippen LogP contribution is 2.18. The number of carbonyl (C=O) groups is 2. The van der Waals surface area contributed by atoms with E-state index in [1.165, 1.54) is 0 Å². The molecular formula is C31H46N4O4. The molecule has 1 saturated heterocycles. The predicted molar refractivity (Wildman–Crippen MR) is 155 cm³/mol. The molecule has 1 fully saturated rings. The van der Waals surface area contributed by atoms with Crippen LogP contribution in [0.4, 0.5) is 5.82 Å². The van der Waals surface area contributed by atoms with E-state index in [0.717, 1.165) is 56.1 Å². The third-order valence-corrected chi connectivity index (χ3v) is 6.85. The number of carbonyl (C=O) groups excluding carboxylic acids is 2. The van der Waals surface area contributed by atoms with Crippen molar-refractivity contribution in [2.45, 2.75) is 66.0 Å². The van der Waals surface area contributed by atoms with Crippen LogP contribution in [0.25, 0.3) is 0 Å². The quantitative estimate of drug-likeness (QED) is 0.415. The molecule has 2 amide bonds. The van der Waals surface area contributed by atoms with Gasteiger partial charge in [-0.15, -0.1) is 0 Å². The molecule has 2 unspecified atom stereocenters. The number of hydrogen-bond acceptors (Lipinski definition) is 6. The van der Waals surface area contributed by atoms with E-state index < -0.39 is 0 Å². The van der Waals surface area contributed by atoms with Crippen molar-refractivity contribution >= 4 is 17.6 Å². The van der Waals surface area contributed by atoms with Gasteiger partial charge >= 0.3 is 0 Å². The maximum absolute atomic E-state index is 13.0. The van der Waals surface area contributed by atoms with E-state index >= 15 is 0 Å². The summed E-state index contributed by atoms with van der Waals surface area (Å²) in [4.78, 5) is 34.1. The first-order valence-corrected chi connectivity index (χ1v) is 14.2. The number of pyridine rings is 1. The fraction of sp³-hybridized carbons (Fsp3) is 0.581. The summed E-state index contributed by atoms with van der Waals surface area (Å²) in [7, 11) is 1.77. The smallest absolute Gasteiger partial charge is 0.251 e. The van der Waals surface area contributed by atoms with E-state index in [1.54, 1.807) is 11.9 Å². The summed E-state index contributed by atoms with van der Waals surface area (Å²) < 4.78 is 11.4. The van der Waals surface area contributed by atoms with Crippen molar-refractivity contribution in [3.63, 3.8) is 0 Å². The number of aryl methyl sites for hydroxylation is 1. The topological polar surface area (TPSA) is 84.0 Å². The van der Waals surface area contributed by atoms with Gasteiger partial charge in [0.25, 0.3) is 5.91 Å². The highest BCUT2D eigenvalue weighted by Gasteiger charge is 2.17. The van der Waals surface area contributed by atoms with Crippen LogP contribution in [0.3, 0.4) is 0 Å². The molecular weight excluding hydrogens is 492 g/mol. The van der Waals surface area contributed by atoms with Gasteiger partial charge in [0.05, 0.1) is 25.9 Å². The third-order valence-electron chi connectivity index (χ3n) is 6.85. The van der Waals surface area contributed by atoms with E-state index in [-0.39, 0.29) is 29.9 Å². The van der Waals surface area contributed by atoms with Crippen molar-refractivity contribution in [3.05, 3.63) is 58.8 Å². The maximum atomic E-state index is 13.0. The number of anilines is 1. The number of benzene rings is 1. The van der Waals surface area contributed by atoms with Crippen LogP contribution in [0.15, 0.2) is 36.4 Å². The molecule has 8 heteroatoms. The molecule has 3 rings (SSSR count). The van der Waals surface area contributed by atoms with E-state index in [4.69, 9.17) is 9.47 Å². The molecule has 39 heavy (non-hydrogen) atoms. The summed E-state index contributed by atoms with van der Waals surface area (Å²) in [6.07, 6.45) is 1.94. The zero-order chi connectivity index (χ0) is 28.4. The van der Waals surface area contributed by atoms with Crippen LogP contribution in [-0.2, 0) is 27.1 Å². The molecule has 2 aromatic rings. The molecule has 0 spiro atoms. The summed E-state index contributed by atoms with van der Waals surface area (Å²) in [5, 5.41) is 3.13. The molecule has 2 atom stereocenters. The lowest BCUT2D eigenvalue weighted by atomic mass is 10.0. The molecule has 0 bridgehead atoms. The van der Waals surface area contributed by atoms with Crippen LogP contribution >= 0.6 is 0 Å². The number of aromatic nitrogens is 1. The Morgan fingerprint density at radius 3 is 2.54 bits per heavy atom. The minimum atomic E-state index is -0.0968. The van der Waals surface area contributed by atoms with E-state index in [9.17, 15) is 9.59 Å². The monoisotopic (exact) mass is 538 g/mol. The van der Waals surface area contributed by atoms with Crippen molar-refractivity contribution in [2.75, 3.05) is 51.4 Å². The van der Waals surface area contributed by atoms with Crippen molar-refractivity contribution < 1.29 is 19.1 Å². The molecule has 0 radical (unpaired) electrons. The van der Waals surface area contributed by atoms with Crippen molar-refractivity contribution in [2.24, 2.45) is 5.92 Å². The van der Waals surface area contributed by atoms with Gasteiger partial charge in [-0.2, -0.15) is 0 Å². The van der Waals surface area contributed by atoms with Crippen molar-refractivity contribution in [1.82, 2.24) is 15.2 Å². The van der Waals surface area contributed by atoms with Crippen LogP contribution in [0, 0.1) is 12.8 Å². The highest BCUT2D eigenvalue weighted by molar-refractivity contribution is 5.94. The van der Waals surface area contributed by atoms with Gasteiger partial charge in [-0.05, 0) is 74.9 Å². The van der Waals surface area contributed by atoms with E-state index in [0.29, 0.717) is 30.8 Å². The summed E-state index contributed by atoms with van der Waals surface area (Å²) in [5.74, 6) is 0.879. The number of ether oxygens (including phenoxy) is 2. The van der Waals surface area contributed by atoms with E-state index in [2.05, 4.69) is 22.1 Å². The fourth-order valence-corrected chi connectivity index (χ4v) is 4.77. The standard InChI is InChI=1S/C31H46N4O4/c1-22(2)16-30(36)34(6)29-21-27(17-23(3)32-29)18-24(4)33-31(37)28-9-7-8-26(20-28)19-25(5)39-15-12-35-10-13-38-14-11-35/h7-9,17,20-22,24-25H,10-16,18-19H2,1-6H3,(H,33,37). The molecule has 0 saturated carbocycles. The van der Waals surface area contributed by atoms with Crippen LogP contribution in [-0.4, -0.2) is 80.3 Å². The van der Waals surface area contributed by atoms with Gasteiger partial charge in [0, 0.05) is 50.4 Å². The molecule has 1 aromatic carbocycles. The normalized spacial score (nSPS) is 15.7. The van der Waals surface area contributed by atoms with Crippen LogP contribution in [0.2, 0.25) is 0 Å². The predicted octanol–water partition coefficient (Wildman–Crippen LogP) is 4.04. The Labute approximate surface area is 234 Å². The average Bonchev–Trinajstić information content (AvgIpc) is 2.88. The van der Waals surface area contributed by atoms with Crippen LogP contribution in [0.1, 0.15) is 61.3 Å². The van der Waals surface area contributed by atoms with Crippen LogP contribution in [0.5, 0.6) is 0 Å². The lowest BCUT2D eigenvalue weighted by Crippen LogP contribution is -2.38. The van der Waals surface area contributed by atoms with Crippen LogP contribution < -0.4 is 10.2 Å². The minimum absolute atomic E-state index is 0.0482. The maximum Gasteiger partial charge on any atom is 0.251 e. The Balaban J connectivity index is 1.52. The summed E-state index contributed by atoms with van der Waals surface area (Å²) in [6.45, 7) is 15.2. The Hall–Kier alpha value is -2.81. The first-order chi connectivity index (χ1) is 18.6. The largest absolute Gasteiger partial charge is 0.379 e. The van der Waals surface area contributed by atoms with Crippen molar-refractivity contribution in [3.8, 4) is 0 Å². The Bertz CT molecular complexity index is 1080. The fourth-order valence-electron chi connectivity index (χ4n) is 4.77. The molecule has 1 aliphatic heterocycles. The van der Waals surface area contributed by atoms with Gasteiger partial charge in [0.2, 0.25) is 5.91 Å². The van der Waals surface area contributed by atoms with E-state index in [1.807, 2.05) is 64.1 Å². The lowest BCUT2D eigenvalue weighted by molar-refractivity contribution is -0.119. The number of amides is 2. The molecule has 1 aliphatic rings. The third kappa shape index (κ3) is 10.4. The van der Waals surface area contributed by atoms with Crippen molar-refractivity contribution in [1.29, 1.82) is 0 Å². The van der Waals surface area contributed by atoms with Gasteiger partial charge in [-0.1, -0.05) is 26.0 Å². The second-order valence-corrected chi connectivity index (χ2v) is 11.1. The zero-order valence-corrected chi connectivity index (χ0v) is 24.5. The Kier molecular flexibility index (Phi) is 11.9. The second-order valence-electron chi connectivity index (χ2n) is 11.1. The Morgan fingerprint density at radius 1 is 1.08 bits per heavy atom. The number of rotatable bonds is 13. The van der Waals surface area contributed by atoms with Gasteiger partial charge < -0.3 is 14.8 Å². The summed E-state index contributed by atoms with van der Waals surface area (Å²) >= 11 is 0. The second kappa shape index (κ2) is 15.1. The average molecular weight is 539 g/mol. The molecule has 1 N–H and O–H groups in total. The van der Waals surface area contributed by atoms with Gasteiger partial charge in [-0.3, -0.25) is 19.4 Å². The summed E-state index contributed by atoms with van der Waals surface area (Å²) in [6, 6.07) is 11.6. The van der Waals surface area contributed by atoms with Gasteiger partial charge in [-0.25, -0.2) is 4.98 Å². The summed E-state index contributed by atoms with van der Waals surface area (Å²) in [5.41, 5.74) is 3.61. The number of nitrogens with zero attached hydrogens (tertiary/aromatic N) is 3. The minimum Gasteiger partial charge on any atom is -0.379 e. The molecule has 2 heterocycles. The highest BCUT2D eigenvalue weighted by atomic mass is 16.5. The van der Waals surface area contributed by atoms with Gasteiger partial charge in [0.1, 0.15) is 5.82 Å². The Morgan fingerprint density at radius 2 is 1.82 bits per heavy atom. The van der Waals surface area contributed by atoms with Gasteiger partial charge in [0.15, 0.2) is 0 Å². The first kappa shape index (κ1) is 30.7. The number of nitrogens with one attached hydrogen (secondary N) is 1.